The normalized spacial score (nSPS) is 14.1. The number of nitrogens with zero attached hydrogens (tertiary/aromatic N) is 4. The highest BCUT2D eigenvalue weighted by Gasteiger charge is 2.17. The van der Waals surface area contributed by atoms with E-state index in [1.54, 1.807) is 13.4 Å². The minimum Gasteiger partial charge on any atom is -0.497 e. The molecule has 3 aromatic rings. The fraction of sp³-hybridized carbons (Fsp3) is 0.458. The van der Waals surface area contributed by atoms with Crippen molar-refractivity contribution in [2.75, 3.05) is 57.9 Å². The molecule has 10 heteroatoms. The number of anilines is 1. The highest BCUT2D eigenvalue weighted by molar-refractivity contribution is 7.09. The molecule has 0 bridgehead atoms. The standard InChI is InChI=1S/C24H31N5O4S/c1-31-20-5-2-4-19(16-20)17-22-26-24(34-27-22)29(18-21-6-3-13-33-21)9-7-23(30)25-8-10-28-11-14-32-15-12-28/h2-6,13,16H,7-12,14-15,17-18H2,1H3,(H,25,30). The summed E-state index contributed by atoms with van der Waals surface area (Å²) in [5.74, 6) is 2.40. The number of hydrogen-bond acceptors (Lipinski definition) is 9. The Labute approximate surface area is 203 Å². The summed E-state index contributed by atoms with van der Waals surface area (Å²) in [6.45, 7) is 5.90. The van der Waals surface area contributed by atoms with E-state index in [4.69, 9.17) is 18.9 Å². The summed E-state index contributed by atoms with van der Waals surface area (Å²) in [5, 5.41) is 3.80. The first-order valence-corrected chi connectivity index (χ1v) is 12.3. The number of morpholine rings is 1. The van der Waals surface area contributed by atoms with Gasteiger partial charge in [-0.2, -0.15) is 4.37 Å². The predicted octanol–water partition coefficient (Wildman–Crippen LogP) is 2.58. The molecular weight excluding hydrogens is 454 g/mol. The van der Waals surface area contributed by atoms with Gasteiger partial charge >= 0.3 is 0 Å². The Bertz CT molecular complexity index is 1020. The summed E-state index contributed by atoms with van der Waals surface area (Å²) >= 11 is 1.34. The van der Waals surface area contributed by atoms with Gasteiger partial charge in [-0.25, -0.2) is 4.98 Å². The smallest absolute Gasteiger partial charge is 0.221 e. The summed E-state index contributed by atoms with van der Waals surface area (Å²) in [5.41, 5.74) is 1.08. The van der Waals surface area contributed by atoms with E-state index in [0.29, 0.717) is 32.5 Å². The monoisotopic (exact) mass is 485 g/mol. The van der Waals surface area contributed by atoms with Gasteiger partial charge in [0.05, 0.1) is 33.1 Å². The molecule has 0 aliphatic carbocycles. The Balaban J connectivity index is 1.32. The number of carbonyl (C=O) groups excluding carboxylic acids is 1. The molecule has 0 spiro atoms. The summed E-state index contributed by atoms with van der Waals surface area (Å²) in [7, 11) is 1.66. The van der Waals surface area contributed by atoms with Gasteiger partial charge in [0.1, 0.15) is 17.3 Å². The summed E-state index contributed by atoms with van der Waals surface area (Å²) in [4.78, 5) is 21.6. The maximum absolute atomic E-state index is 12.5. The Morgan fingerprint density at radius 3 is 2.94 bits per heavy atom. The van der Waals surface area contributed by atoms with Crippen LogP contribution < -0.4 is 15.0 Å². The van der Waals surface area contributed by atoms with Crippen LogP contribution in [0.25, 0.3) is 0 Å². The van der Waals surface area contributed by atoms with Gasteiger partial charge in [0.15, 0.2) is 0 Å². The van der Waals surface area contributed by atoms with E-state index in [0.717, 1.165) is 60.9 Å². The summed E-state index contributed by atoms with van der Waals surface area (Å²) < 4.78 is 20.8. The molecule has 0 saturated carbocycles. The van der Waals surface area contributed by atoms with Crippen LogP contribution in [0, 0.1) is 0 Å². The molecule has 1 amide bonds. The van der Waals surface area contributed by atoms with Crippen molar-refractivity contribution >= 4 is 22.6 Å². The number of furan rings is 1. The Kier molecular flexibility index (Phi) is 8.89. The van der Waals surface area contributed by atoms with Gasteiger partial charge in [-0.05, 0) is 29.8 Å². The number of hydrogen-bond donors (Lipinski definition) is 1. The molecule has 1 N–H and O–H groups in total. The first kappa shape index (κ1) is 24.2. The van der Waals surface area contributed by atoms with Gasteiger partial charge in [-0.15, -0.1) is 0 Å². The van der Waals surface area contributed by atoms with E-state index < -0.39 is 0 Å². The molecule has 182 valence electrons. The van der Waals surface area contributed by atoms with E-state index in [1.165, 1.54) is 11.5 Å². The second-order valence-electron chi connectivity index (χ2n) is 8.08. The number of rotatable bonds is 12. The van der Waals surface area contributed by atoms with Crippen LogP contribution in [0.1, 0.15) is 23.6 Å². The zero-order valence-corrected chi connectivity index (χ0v) is 20.3. The van der Waals surface area contributed by atoms with Crippen molar-refractivity contribution in [3.63, 3.8) is 0 Å². The lowest BCUT2D eigenvalue weighted by Crippen LogP contribution is -2.41. The van der Waals surface area contributed by atoms with E-state index in [1.807, 2.05) is 41.3 Å². The van der Waals surface area contributed by atoms with E-state index in [-0.39, 0.29) is 5.91 Å². The minimum absolute atomic E-state index is 0.0267. The molecule has 0 atom stereocenters. The van der Waals surface area contributed by atoms with Crippen molar-refractivity contribution in [2.24, 2.45) is 0 Å². The van der Waals surface area contributed by atoms with Gasteiger partial charge < -0.3 is 24.1 Å². The molecule has 0 radical (unpaired) electrons. The SMILES string of the molecule is COc1cccc(Cc2nsc(N(CCC(=O)NCCN3CCOCC3)Cc3ccco3)n2)c1. The van der Waals surface area contributed by atoms with Crippen LogP contribution in [0.5, 0.6) is 5.75 Å². The van der Waals surface area contributed by atoms with Crippen molar-refractivity contribution in [3.8, 4) is 5.75 Å². The second kappa shape index (κ2) is 12.5. The van der Waals surface area contributed by atoms with Crippen molar-refractivity contribution in [3.05, 3.63) is 59.8 Å². The summed E-state index contributed by atoms with van der Waals surface area (Å²) in [6, 6.07) is 11.7. The lowest BCUT2D eigenvalue weighted by atomic mass is 10.1. The molecule has 9 nitrogen and oxygen atoms in total. The van der Waals surface area contributed by atoms with E-state index >= 15 is 0 Å². The van der Waals surface area contributed by atoms with Crippen LogP contribution in [0.4, 0.5) is 5.13 Å². The Morgan fingerprint density at radius 2 is 2.15 bits per heavy atom. The molecule has 0 unspecified atom stereocenters. The van der Waals surface area contributed by atoms with Crippen LogP contribution in [-0.2, 0) is 22.5 Å². The first-order valence-electron chi connectivity index (χ1n) is 11.5. The number of nitrogens with one attached hydrogen (secondary N) is 1. The maximum atomic E-state index is 12.5. The van der Waals surface area contributed by atoms with Crippen molar-refractivity contribution in [2.45, 2.75) is 19.4 Å². The van der Waals surface area contributed by atoms with Gasteiger partial charge in [-0.1, -0.05) is 12.1 Å². The molecule has 1 aliphatic heterocycles. The average Bonchev–Trinajstić information content (AvgIpc) is 3.55. The quantitative estimate of drug-likeness (QED) is 0.419. The van der Waals surface area contributed by atoms with Crippen LogP contribution in [0.2, 0.25) is 0 Å². The minimum atomic E-state index is 0.0267. The average molecular weight is 486 g/mol. The fourth-order valence-corrected chi connectivity index (χ4v) is 4.46. The number of aromatic nitrogens is 2. The summed E-state index contributed by atoms with van der Waals surface area (Å²) in [6.07, 6.45) is 2.64. The molecule has 34 heavy (non-hydrogen) atoms. The van der Waals surface area contributed by atoms with Crippen LogP contribution in [0.15, 0.2) is 47.1 Å². The third kappa shape index (κ3) is 7.28. The number of ether oxygens (including phenoxy) is 2. The van der Waals surface area contributed by atoms with Crippen molar-refractivity contribution in [1.82, 2.24) is 19.6 Å². The lowest BCUT2D eigenvalue weighted by Gasteiger charge is -2.26. The molecule has 1 saturated heterocycles. The fourth-order valence-electron chi connectivity index (χ4n) is 3.75. The number of methoxy groups -OCH3 is 1. The topological polar surface area (TPSA) is 93.0 Å². The van der Waals surface area contributed by atoms with E-state index in [9.17, 15) is 4.79 Å². The highest BCUT2D eigenvalue weighted by atomic mass is 32.1. The van der Waals surface area contributed by atoms with Crippen molar-refractivity contribution in [1.29, 1.82) is 0 Å². The molecule has 4 rings (SSSR count). The van der Waals surface area contributed by atoms with Gasteiger partial charge in [-0.3, -0.25) is 9.69 Å². The Morgan fingerprint density at radius 1 is 1.26 bits per heavy atom. The molecule has 2 aromatic heterocycles. The number of benzene rings is 1. The Hall–Kier alpha value is -2.95. The second-order valence-corrected chi connectivity index (χ2v) is 8.81. The van der Waals surface area contributed by atoms with E-state index in [2.05, 4.69) is 14.6 Å². The molecule has 3 heterocycles. The predicted molar refractivity (Wildman–Crippen MR) is 130 cm³/mol. The van der Waals surface area contributed by atoms with Gasteiger partial charge in [0.2, 0.25) is 11.0 Å². The molecule has 1 aromatic carbocycles. The highest BCUT2D eigenvalue weighted by Crippen LogP contribution is 2.22. The van der Waals surface area contributed by atoms with Crippen LogP contribution in [-0.4, -0.2) is 73.2 Å². The zero-order chi connectivity index (χ0) is 23.6. The maximum Gasteiger partial charge on any atom is 0.221 e. The number of carbonyl (C=O) groups is 1. The van der Waals surface area contributed by atoms with Crippen LogP contribution in [0.3, 0.4) is 0 Å². The zero-order valence-electron chi connectivity index (χ0n) is 19.4. The van der Waals surface area contributed by atoms with Gasteiger partial charge in [0.25, 0.3) is 0 Å². The lowest BCUT2D eigenvalue weighted by molar-refractivity contribution is -0.121. The van der Waals surface area contributed by atoms with Crippen LogP contribution >= 0.6 is 11.5 Å². The largest absolute Gasteiger partial charge is 0.497 e. The molecule has 1 fully saturated rings. The van der Waals surface area contributed by atoms with Gasteiger partial charge in [0, 0.05) is 57.1 Å². The third-order valence-corrected chi connectivity index (χ3v) is 6.43. The molecule has 1 aliphatic rings. The first-order chi connectivity index (χ1) is 16.7. The third-order valence-electron chi connectivity index (χ3n) is 5.61. The number of amides is 1. The molecular formula is C24H31N5O4S. The van der Waals surface area contributed by atoms with Crippen molar-refractivity contribution < 1.29 is 18.7 Å².